The van der Waals surface area contributed by atoms with Gasteiger partial charge in [-0.1, -0.05) is 104 Å². The summed E-state index contributed by atoms with van der Waals surface area (Å²) in [6.45, 7) is 5.61. The molecule has 0 aliphatic heterocycles. The molecule has 1 atom stereocenters. The number of sulfonamides is 1. The van der Waals surface area contributed by atoms with Gasteiger partial charge in [0.1, 0.15) is 18.4 Å². The molecule has 0 fully saturated rings. The number of carbonyl (C=O) groups is 2. The number of nitrogens with zero attached hydrogens (tertiary/aromatic N) is 2. The number of halogens is 1. The molecule has 44 heavy (non-hydrogen) atoms. The topological polar surface area (TPSA) is 86.8 Å². The molecule has 0 aromatic heterocycles. The lowest BCUT2D eigenvalue weighted by molar-refractivity contribution is -0.140. The third-order valence-electron chi connectivity index (χ3n) is 7.12. The number of carbonyl (C=O) groups excluding carboxylic acids is 2. The number of para-hydroxylation sites is 1. The van der Waals surface area contributed by atoms with Gasteiger partial charge in [-0.05, 0) is 48.2 Å². The van der Waals surface area contributed by atoms with Gasteiger partial charge in [-0.15, -0.1) is 0 Å². The van der Waals surface area contributed by atoms with Crippen molar-refractivity contribution in [3.05, 3.63) is 132 Å². The first kappa shape index (κ1) is 32.4. The maximum absolute atomic E-state index is 15.2. The smallest absolute Gasteiger partial charge is 0.264 e. The van der Waals surface area contributed by atoms with Crippen LogP contribution >= 0.6 is 0 Å². The maximum atomic E-state index is 15.2. The molecule has 0 radical (unpaired) electrons. The van der Waals surface area contributed by atoms with Crippen LogP contribution < -0.4 is 9.62 Å². The minimum Gasteiger partial charge on any atom is -0.354 e. The van der Waals surface area contributed by atoms with Gasteiger partial charge >= 0.3 is 0 Å². The lowest BCUT2D eigenvalue weighted by Crippen LogP contribution is -2.53. The van der Waals surface area contributed by atoms with E-state index in [1.807, 2.05) is 75.4 Å². The van der Waals surface area contributed by atoms with Crippen molar-refractivity contribution in [1.29, 1.82) is 0 Å². The SMILES string of the molecule is Cc1cccc(CN(C(=O)CN(c2ccccc2F)S(=O)(=O)c2ccccc2)[C@@H](Cc2ccccc2)C(=O)NCC(C)C)c1. The fourth-order valence-corrected chi connectivity index (χ4v) is 6.31. The Hall–Kier alpha value is -4.50. The Morgan fingerprint density at radius 3 is 2.07 bits per heavy atom. The summed E-state index contributed by atoms with van der Waals surface area (Å²) in [5, 5.41) is 2.96. The zero-order chi connectivity index (χ0) is 31.7. The van der Waals surface area contributed by atoms with Gasteiger partial charge in [0, 0.05) is 19.5 Å². The molecule has 4 aromatic rings. The molecular weight excluding hydrogens is 577 g/mol. The highest BCUT2D eigenvalue weighted by molar-refractivity contribution is 7.92. The summed E-state index contributed by atoms with van der Waals surface area (Å²) in [5.41, 5.74) is 2.32. The zero-order valence-corrected chi connectivity index (χ0v) is 26.0. The summed E-state index contributed by atoms with van der Waals surface area (Å²) in [4.78, 5) is 29.5. The highest BCUT2D eigenvalue weighted by Gasteiger charge is 2.35. The third kappa shape index (κ3) is 8.32. The summed E-state index contributed by atoms with van der Waals surface area (Å²) < 4.78 is 43.8. The third-order valence-corrected chi connectivity index (χ3v) is 8.90. The van der Waals surface area contributed by atoms with E-state index < -0.39 is 34.3 Å². The minimum absolute atomic E-state index is 0.0452. The summed E-state index contributed by atoms with van der Waals surface area (Å²) in [5.74, 6) is -1.62. The maximum Gasteiger partial charge on any atom is 0.264 e. The van der Waals surface area contributed by atoms with Gasteiger partial charge in [-0.25, -0.2) is 12.8 Å². The molecule has 0 bridgehead atoms. The average Bonchev–Trinajstić information content (AvgIpc) is 3.01. The standard InChI is InChI=1S/C35H38FN3O4S/c1-26(2)23-37-35(41)33(22-28-14-6-4-7-15-28)38(24-29-16-12-13-27(3)21-29)34(40)25-39(32-20-11-10-19-31(32)36)44(42,43)30-17-8-5-9-18-30/h4-21,26,33H,22-25H2,1-3H3,(H,37,41)/t33-/m0/s1. The number of rotatable bonds is 13. The predicted molar refractivity (Wildman–Crippen MR) is 171 cm³/mol. The van der Waals surface area contributed by atoms with E-state index in [0.29, 0.717) is 6.54 Å². The summed E-state index contributed by atoms with van der Waals surface area (Å²) in [7, 11) is -4.37. The Kier molecular flexibility index (Phi) is 10.9. The Morgan fingerprint density at radius 1 is 0.818 bits per heavy atom. The predicted octanol–water partition coefficient (Wildman–Crippen LogP) is 5.74. The Morgan fingerprint density at radius 2 is 1.43 bits per heavy atom. The normalized spacial score (nSPS) is 12.0. The van der Waals surface area contributed by atoms with Crippen molar-refractivity contribution in [3.8, 4) is 0 Å². The molecule has 0 saturated heterocycles. The molecule has 2 amide bonds. The number of hydrogen-bond acceptors (Lipinski definition) is 4. The molecule has 230 valence electrons. The average molecular weight is 616 g/mol. The Bertz CT molecular complexity index is 1660. The first-order valence-corrected chi connectivity index (χ1v) is 16.0. The quantitative estimate of drug-likeness (QED) is 0.208. The minimum atomic E-state index is -4.37. The number of amides is 2. The van der Waals surface area contributed by atoms with Crippen LogP contribution in [0.5, 0.6) is 0 Å². The molecule has 4 rings (SSSR count). The van der Waals surface area contributed by atoms with Crippen molar-refractivity contribution in [2.75, 3.05) is 17.4 Å². The van der Waals surface area contributed by atoms with E-state index in [9.17, 15) is 18.0 Å². The number of benzene rings is 4. The molecule has 1 N–H and O–H groups in total. The zero-order valence-electron chi connectivity index (χ0n) is 25.2. The van der Waals surface area contributed by atoms with E-state index >= 15 is 4.39 Å². The molecule has 9 heteroatoms. The number of nitrogens with one attached hydrogen (secondary N) is 1. The van der Waals surface area contributed by atoms with Crippen LogP contribution in [0.3, 0.4) is 0 Å². The Balaban J connectivity index is 1.80. The van der Waals surface area contributed by atoms with Gasteiger partial charge in [0.15, 0.2) is 0 Å². The fraction of sp³-hybridized carbons (Fsp3) is 0.257. The second kappa shape index (κ2) is 14.8. The fourth-order valence-electron chi connectivity index (χ4n) is 4.87. The summed E-state index contributed by atoms with van der Waals surface area (Å²) >= 11 is 0. The molecule has 0 saturated carbocycles. The largest absolute Gasteiger partial charge is 0.354 e. The lowest BCUT2D eigenvalue weighted by Gasteiger charge is -2.34. The van der Waals surface area contributed by atoms with Crippen LogP contribution in [0.2, 0.25) is 0 Å². The molecule has 0 heterocycles. The highest BCUT2D eigenvalue weighted by atomic mass is 32.2. The second-order valence-electron chi connectivity index (χ2n) is 11.1. The van der Waals surface area contributed by atoms with Gasteiger partial charge in [0.2, 0.25) is 11.8 Å². The van der Waals surface area contributed by atoms with Crippen LogP contribution in [0, 0.1) is 18.7 Å². The van der Waals surface area contributed by atoms with Crippen LogP contribution in [0.4, 0.5) is 10.1 Å². The van der Waals surface area contributed by atoms with Crippen LogP contribution in [-0.4, -0.2) is 44.3 Å². The number of hydrogen-bond donors (Lipinski definition) is 1. The summed E-state index contributed by atoms with van der Waals surface area (Å²) in [6, 6.07) is 29.0. The van der Waals surface area contributed by atoms with Crippen LogP contribution in [-0.2, 0) is 32.6 Å². The molecule has 7 nitrogen and oxygen atoms in total. The molecule has 0 aliphatic carbocycles. The van der Waals surface area contributed by atoms with Crippen molar-refractivity contribution < 1.29 is 22.4 Å². The van der Waals surface area contributed by atoms with Crippen molar-refractivity contribution in [2.45, 2.75) is 44.7 Å². The van der Waals surface area contributed by atoms with Crippen molar-refractivity contribution in [1.82, 2.24) is 10.2 Å². The van der Waals surface area contributed by atoms with E-state index in [1.54, 1.807) is 18.2 Å². The second-order valence-corrected chi connectivity index (χ2v) is 13.0. The molecule has 0 unspecified atom stereocenters. The molecule has 4 aromatic carbocycles. The van der Waals surface area contributed by atoms with Gasteiger partial charge in [-0.3, -0.25) is 13.9 Å². The van der Waals surface area contributed by atoms with E-state index in [0.717, 1.165) is 27.1 Å². The van der Waals surface area contributed by atoms with Crippen molar-refractivity contribution in [3.63, 3.8) is 0 Å². The van der Waals surface area contributed by atoms with Crippen molar-refractivity contribution in [2.24, 2.45) is 5.92 Å². The monoisotopic (exact) mass is 615 g/mol. The van der Waals surface area contributed by atoms with E-state index in [2.05, 4.69) is 5.32 Å². The first-order chi connectivity index (χ1) is 21.1. The van der Waals surface area contributed by atoms with Crippen LogP contribution in [0.1, 0.15) is 30.5 Å². The van der Waals surface area contributed by atoms with Gasteiger partial charge in [-0.2, -0.15) is 0 Å². The van der Waals surface area contributed by atoms with Gasteiger partial charge < -0.3 is 10.2 Å². The number of anilines is 1. The van der Waals surface area contributed by atoms with E-state index in [1.165, 1.54) is 35.2 Å². The van der Waals surface area contributed by atoms with Crippen LogP contribution in [0.25, 0.3) is 0 Å². The Labute approximate surface area is 259 Å². The van der Waals surface area contributed by atoms with Gasteiger partial charge in [0.25, 0.3) is 10.0 Å². The number of aryl methyl sites for hydroxylation is 1. The van der Waals surface area contributed by atoms with Gasteiger partial charge in [0.05, 0.1) is 10.6 Å². The lowest BCUT2D eigenvalue weighted by atomic mass is 10.0. The molecular formula is C35H38FN3O4S. The van der Waals surface area contributed by atoms with E-state index in [-0.39, 0.29) is 35.4 Å². The van der Waals surface area contributed by atoms with Crippen LogP contribution in [0.15, 0.2) is 114 Å². The first-order valence-electron chi connectivity index (χ1n) is 14.5. The molecule has 0 aliphatic rings. The van der Waals surface area contributed by atoms with E-state index in [4.69, 9.17) is 0 Å². The van der Waals surface area contributed by atoms with Crippen molar-refractivity contribution >= 4 is 27.5 Å². The summed E-state index contributed by atoms with van der Waals surface area (Å²) in [6.07, 6.45) is 0.202. The molecule has 0 spiro atoms. The highest BCUT2D eigenvalue weighted by Crippen LogP contribution is 2.27.